The number of aliphatic imine (C=N–C) groups is 2. The van der Waals surface area contributed by atoms with Gasteiger partial charge in [-0.05, 0) is 73.5 Å². The maximum absolute atomic E-state index is 5.84. The van der Waals surface area contributed by atoms with E-state index >= 15 is 0 Å². The molecule has 4 heterocycles. The summed E-state index contributed by atoms with van der Waals surface area (Å²) in [5.74, 6) is 1.31. The molecular weight excluding hydrogens is 496 g/mol. The Morgan fingerprint density at radius 1 is 0.525 bits per heavy atom. The van der Waals surface area contributed by atoms with E-state index in [1.807, 2.05) is 12.4 Å². The molecule has 7 rings (SSSR count). The predicted octanol–water partition coefficient (Wildman–Crippen LogP) is 7.23. The number of hydrogen-bond donors (Lipinski definition) is 0. The molecule has 0 fully saturated rings. The minimum absolute atomic E-state index is 0.212. The van der Waals surface area contributed by atoms with E-state index in [0.29, 0.717) is 25.0 Å². The van der Waals surface area contributed by atoms with Crippen LogP contribution in [0.4, 0.5) is 0 Å². The van der Waals surface area contributed by atoms with Crippen LogP contribution in [0.2, 0.25) is 0 Å². The molecule has 5 aromatic rings. The Balaban J connectivity index is 1.37. The highest BCUT2D eigenvalue weighted by Gasteiger charge is 2.28. The highest BCUT2D eigenvalue weighted by molar-refractivity contribution is 6.20. The van der Waals surface area contributed by atoms with Gasteiger partial charge in [-0.25, -0.2) is 9.98 Å². The molecule has 6 nitrogen and oxygen atoms in total. The van der Waals surface area contributed by atoms with Crippen LogP contribution in [0.25, 0.3) is 44.1 Å². The fraction of sp³-hybridized carbons (Fsp3) is 0.235. The van der Waals surface area contributed by atoms with Gasteiger partial charge in [0, 0.05) is 23.5 Å². The van der Waals surface area contributed by atoms with Crippen LogP contribution in [0, 0.1) is 0 Å². The molecule has 0 spiro atoms. The number of nitrogens with zero attached hydrogens (tertiary/aromatic N) is 4. The van der Waals surface area contributed by atoms with Gasteiger partial charge in [0.1, 0.15) is 13.2 Å². The fourth-order valence-electron chi connectivity index (χ4n) is 5.48. The lowest BCUT2D eigenvalue weighted by Gasteiger charge is -2.17. The normalized spacial score (nSPS) is 17.4. The largest absolute Gasteiger partial charge is 0.475 e. The van der Waals surface area contributed by atoms with Gasteiger partial charge in [-0.1, -0.05) is 48.5 Å². The van der Waals surface area contributed by atoms with E-state index in [4.69, 9.17) is 29.4 Å². The summed E-state index contributed by atoms with van der Waals surface area (Å²) in [6, 6.07) is 25.2. The molecule has 3 aromatic carbocycles. The summed E-state index contributed by atoms with van der Waals surface area (Å²) in [6.07, 6.45) is 3.73. The van der Waals surface area contributed by atoms with Gasteiger partial charge in [0.05, 0.1) is 33.6 Å². The second-order valence-corrected chi connectivity index (χ2v) is 11.7. The van der Waals surface area contributed by atoms with Gasteiger partial charge < -0.3 is 9.47 Å². The summed E-state index contributed by atoms with van der Waals surface area (Å²) in [5.41, 5.74) is 5.37. The molecule has 0 atom stereocenters. The number of aromatic nitrogens is 2. The molecule has 0 saturated carbocycles. The van der Waals surface area contributed by atoms with E-state index in [-0.39, 0.29) is 11.1 Å². The molecule has 0 N–H and O–H groups in total. The summed E-state index contributed by atoms with van der Waals surface area (Å²) >= 11 is 0. The molecule has 198 valence electrons. The van der Waals surface area contributed by atoms with Gasteiger partial charge in [0.25, 0.3) is 0 Å². The van der Waals surface area contributed by atoms with Crippen LogP contribution in [-0.2, 0) is 9.47 Å². The Labute approximate surface area is 233 Å². The third-order valence-electron chi connectivity index (χ3n) is 7.40. The van der Waals surface area contributed by atoms with Gasteiger partial charge in [-0.2, -0.15) is 0 Å². The summed E-state index contributed by atoms with van der Waals surface area (Å²) in [5, 5.41) is 4.51. The Kier molecular flexibility index (Phi) is 5.49. The minimum Gasteiger partial charge on any atom is -0.475 e. The van der Waals surface area contributed by atoms with Crippen molar-refractivity contribution in [2.75, 3.05) is 13.2 Å². The first-order valence-electron chi connectivity index (χ1n) is 13.6. The highest BCUT2D eigenvalue weighted by atomic mass is 16.5. The SMILES string of the molecule is CC1(C)COC(c2ccc(-c3c4ccccc4c(-c4ccc(C5=NC(C)(C)CO5)cn4)c4ccccc34)nc2)=N1. The molecule has 40 heavy (non-hydrogen) atoms. The van der Waals surface area contributed by atoms with Crippen LogP contribution < -0.4 is 0 Å². The molecule has 0 aliphatic carbocycles. The summed E-state index contributed by atoms with van der Waals surface area (Å²) in [4.78, 5) is 19.2. The molecule has 0 unspecified atom stereocenters. The average molecular weight is 527 g/mol. The van der Waals surface area contributed by atoms with Crippen molar-refractivity contribution in [3.63, 3.8) is 0 Å². The first kappa shape index (κ1) is 24.5. The van der Waals surface area contributed by atoms with Crippen LogP contribution in [0.3, 0.4) is 0 Å². The Morgan fingerprint density at radius 2 is 0.900 bits per heavy atom. The minimum atomic E-state index is -0.212. The second-order valence-electron chi connectivity index (χ2n) is 11.7. The van der Waals surface area contributed by atoms with E-state index in [0.717, 1.165) is 55.2 Å². The zero-order valence-electron chi connectivity index (χ0n) is 23.1. The van der Waals surface area contributed by atoms with Gasteiger partial charge in [-0.15, -0.1) is 0 Å². The van der Waals surface area contributed by atoms with Crippen LogP contribution in [0.1, 0.15) is 38.8 Å². The highest BCUT2D eigenvalue weighted by Crippen LogP contribution is 2.42. The lowest BCUT2D eigenvalue weighted by atomic mass is 9.88. The zero-order valence-corrected chi connectivity index (χ0v) is 23.1. The zero-order chi connectivity index (χ0) is 27.5. The number of rotatable bonds is 4. The van der Waals surface area contributed by atoms with E-state index in [1.165, 1.54) is 0 Å². The van der Waals surface area contributed by atoms with Crippen molar-refractivity contribution in [2.24, 2.45) is 9.98 Å². The van der Waals surface area contributed by atoms with Crippen molar-refractivity contribution < 1.29 is 9.47 Å². The third kappa shape index (κ3) is 4.20. The molecule has 2 aromatic heterocycles. The molecule has 0 radical (unpaired) electrons. The summed E-state index contributed by atoms with van der Waals surface area (Å²) in [7, 11) is 0. The lowest BCUT2D eigenvalue weighted by molar-refractivity contribution is 0.279. The van der Waals surface area contributed by atoms with E-state index in [9.17, 15) is 0 Å². The predicted molar refractivity (Wildman–Crippen MR) is 161 cm³/mol. The molecule has 0 bridgehead atoms. The van der Waals surface area contributed by atoms with Crippen LogP contribution in [0.5, 0.6) is 0 Å². The smallest absolute Gasteiger partial charge is 0.218 e. The molecule has 2 aliphatic rings. The van der Waals surface area contributed by atoms with Crippen molar-refractivity contribution in [2.45, 2.75) is 38.8 Å². The van der Waals surface area contributed by atoms with Gasteiger partial charge in [0.15, 0.2) is 0 Å². The summed E-state index contributed by atoms with van der Waals surface area (Å²) < 4.78 is 11.7. The van der Waals surface area contributed by atoms with Crippen LogP contribution in [-0.4, -0.2) is 46.1 Å². The topological polar surface area (TPSA) is 69.0 Å². The van der Waals surface area contributed by atoms with Crippen molar-refractivity contribution in [1.29, 1.82) is 0 Å². The average Bonchev–Trinajstić information content (AvgIpc) is 3.52. The van der Waals surface area contributed by atoms with Gasteiger partial charge in [0.2, 0.25) is 11.8 Å². The van der Waals surface area contributed by atoms with Crippen molar-refractivity contribution in [3.8, 4) is 22.5 Å². The quantitative estimate of drug-likeness (QED) is 0.232. The van der Waals surface area contributed by atoms with E-state index < -0.39 is 0 Å². The molecule has 2 aliphatic heterocycles. The number of pyridine rings is 2. The van der Waals surface area contributed by atoms with Crippen molar-refractivity contribution in [3.05, 3.63) is 96.3 Å². The Morgan fingerprint density at radius 3 is 1.18 bits per heavy atom. The molecular formula is C34H30N4O2. The first-order chi connectivity index (χ1) is 19.3. The standard InChI is InChI=1S/C34H30N4O2/c1-33(2)19-39-31(37-33)21-13-15-27(35-17-21)29-23-9-5-7-11-25(23)30(26-12-8-6-10-24(26)29)28-16-14-22(18-36-28)32-38-34(3,4)20-40-32/h5-18H,19-20H2,1-4H3. The fourth-order valence-corrected chi connectivity index (χ4v) is 5.48. The number of fused-ring (bicyclic) bond motifs is 2. The van der Waals surface area contributed by atoms with Crippen LogP contribution >= 0.6 is 0 Å². The van der Waals surface area contributed by atoms with E-state index in [1.54, 1.807) is 0 Å². The molecule has 0 amide bonds. The third-order valence-corrected chi connectivity index (χ3v) is 7.40. The second kappa shape index (κ2) is 8.98. The first-order valence-corrected chi connectivity index (χ1v) is 13.6. The lowest BCUT2D eigenvalue weighted by Crippen LogP contribution is -2.17. The number of benzene rings is 3. The van der Waals surface area contributed by atoms with Crippen LogP contribution in [0.15, 0.2) is 95.2 Å². The van der Waals surface area contributed by atoms with Gasteiger partial charge in [-0.3, -0.25) is 9.97 Å². The number of hydrogen-bond acceptors (Lipinski definition) is 6. The van der Waals surface area contributed by atoms with Crippen molar-refractivity contribution >= 4 is 33.3 Å². The van der Waals surface area contributed by atoms with E-state index in [2.05, 4.69) is 100 Å². The Bertz CT molecular complexity index is 1640. The summed E-state index contributed by atoms with van der Waals surface area (Å²) in [6.45, 7) is 9.44. The number of ether oxygens (including phenoxy) is 2. The monoisotopic (exact) mass is 526 g/mol. The maximum atomic E-state index is 5.84. The van der Waals surface area contributed by atoms with Crippen molar-refractivity contribution in [1.82, 2.24) is 9.97 Å². The molecule has 6 heteroatoms. The molecule has 0 saturated heterocycles. The maximum Gasteiger partial charge on any atom is 0.218 e. The Hall–Kier alpha value is -4.58. The van der Waals surface area contributed by atoms with Gasteiger partial charge >= 0.3 is 0 Å².